The van der Waals surface area contributed by atoms with E-state index in [4.69, 9.17) is 5.53 Å². The van der Waals surface area contributed by atoms with Crippen LogP contribution in [0.15, 0.2) is 5.11 Å². The molecule has 0 aromatic carbocycles. The zero-order chi connectivity index (χ0) is 7.28. The largest absolute Gasteiger partial charge is 0.301 e. The van der Waals surface area contributed by atoms with Crippen LogP contribution in [0.2, 0.25) is 0 Å². The van der Waals surface area contributed by atoms with Gasteiger partial charge < -0.3 is 4.90 Å². The summed E-state index contributed by atoms with van der Waals surface area (Å²) in [5.41, 5.74) is 8.05. The van der Waals surface area contributed by atoms with Gasteiger partial charge in [0.2, 0.25) is 0 Å². The highest BCUT2D eigenvalue weighted by Gasteiger charge is 2.02. The first-order valence-corrected chi connectivity index (χ1v) is 2.93. The first-order valence-electron chi connectivity index (χ1n) is 2.93. The number of rotatable bonds is 3. The summed E-state index contributed by atoms with van der Waals surface area (Å²) in [6.07, 6.45) is 0.867. The van der Waals surface area contributed by atoms with Gasteiger partial charge in [-0.1, -0.05) is 12.0 Å². The molecule has 1 atom stereocenters. The molecule has 0 saturated heterocycles. The number of nitrogens with zero attached hydrogens (tertiary/aromatic N) is 4. The lowest BCUT2D eigenvalue weighted by molar-refractivity contribution is 0.293. The van der Waals surface area contributed by atoms with Crippen LogP contribution in [0.5, 0.6) is 0 Å². The van der Waals surface area contributed by atoms with E-state index in [1.165, 1.54) is 0 Å². The van der Waals surface area contributed by atoms with Gasteiger partial charge in [0.15, 0.2) is 0 Å². The van der Waals surface area contributed by atoms with Gasteiger partial charge in [0, 0.05) is 4.91 Å². The zero-order valence-corrected chi connectivity index (χ0v) is 6.07. The molecule has 0 aliphatic carbocycles. The van der Waals surface area contributed by atoms with E-state index in [0.717, 1.165) is 6.42 Å². The van der Waals surface area contributed by atoms with Crippen molar-refractivity contribution in [2.45, 2.75) is 19.5 Å². The molecule has 0 aliphatic rings. The van der Waals surface area contributed by atoms with Gasteiger partial charge in [0.05, 0.1) is 6.17 Å². The molecular formula is C5H12N4. The van der Waals surface area contributed by atoms with Crippen LogP contribution in [0.1, 0.15) is 13.3 Å². The zero-order valence-electron chi connectivity index (χ0n) is 6.07. The lowest BCUT2D eigenvalue weighted by Gasteiger charge is -2.15. The Morgan fingerprint density at radius 2 is 2.22 bits per heavy atom. The van der Waals surface area contributed by atoms with Gasteiger partial charge in [0.25, 0.3) is 0 Å². The third-order valence-electron chi connectivity index (χ3n) is 1.15. The van der Waals surface area contributed by atoms with Gasteiger partial charge in [-0.3, -0.25) is 0 Å². The normalized spacial score (nSPS) is 12.9. The topological polar surface area (TPSA) is 52.0 Å². The molecule has 4 nitrogen and oxygen atoms in total. The Morgan fingerprint density at radius 3 is 2.33 bits per heavy atom. The third kappa shape index (κ3) is 2.95. The van der Waals surface area contributed by atoms with Crippen LogP contribution in [0.25, 0.3) is 10.4 Å². The smallest absolute Gasteiger partial charge is 0.0879 e. The van der Waals surface area contributed by atoms with E-state index < -0.39 is 0 Å². The summed E-state index contributed by atoms with van der Waals surface area (Å²) in [5.74, 6) is 0. The molecular weight excluding hydrogens is 116 g/mol. The molecule has 0 aliphatic heterocycles. The van der Waals surface area contributed by atoms with Crippen molar-refractivity contribution in [3.05, 3.63) is 10.4 Å². The second-order valence-corrected chi connectivity index (χ2v) is 2.06. The van der Waals surface area contributed by atoms with E-state index >= 15 is 0 Å². The number of hydrogen-bond donors (Lipinski definition) is 0. The molecule has 0 amide bonds. The molecule has 0 aromatic heterocycles. The highest BCUT2D eigenvalue weighted by atomic mass is 15.3. The first kappa shape index (κ1) is 8.27. The maximum atomic E-state index is 8.05. The van der Waals surface area contributed by atoms with E-state index in [-0.39, 0.29) is 6.17 Å². The second kappa shape index (κ2) is 4.18. The van der Waals surface area contributed by atoms with Crippen molar-refractivity contribution < 1.29 is 0 Å². The fourth-order valence-corrected chi connectivity index (χ4v) is 0.610. The summed E-state index contributed by atoms with van der Waals surface area (Å²) in [5, 5.41) is 3.55. The summed E-state index contributed by atoms with van der Waals surface area (Å²) in [4.78, 5) is 4.60. The van der Waals surface area contributed by atoms with Gasteiger partial charge in [-0.25, -0.2) is 0 Å². The van der Waals surface area contributed by atoms with Crippen LogP contribution in [-0.4, -0.2) is 25.2 Å². The Labute approximate surface area is 55.1 Å². The van der Waals surface area contributed by atoms with E-state index in [2.05, 4.69) is 10.0 Å². The number of azide groups is 1. The molecule has 52 valence electrons. The lowest BCUT2D eigenvalue weighted by Crippen LogP contribution is -2.24. The number of hydrogen-bond acceptors (Lipinski definition) is 2. The maximum absolute atomic E-state index is 8.05. The lowest BCUT2D eigenvalue weighted by atomic mass is 10.4. The summed E-state index contributed by atoms with van der Waals surface area (Å²) in [6, 6.07) is 0. The SMILES string of the molecule is CCC(N=[N+]=[N-])N(C)C. The van der Waals surface area contributed by atoms with E-state index in [1.54, 1.807) is 0 Å². The van der Waals surface area contributed by atoms with Crippen LogP contribution in [0, 0.1) is 0 Å². The average molecular weight is 128 g/mol. The van der Waals surface area contributed by atoms with Crippen LogP contribution >= 0.6 is 0 Å². The molecule has 0 bridgehead atoms. The van der Waals surface area contributed by atoms with Gasteiger partial charge in [0.1, 0.15) is 0 Å². The van der Waals surface area contributed by atoms with Gasteiger partial charge in [-0.15, -0.1) is 0 Å². The van der Waals surface area contributed by atoms with Crippen molar-refractivity contribution in [1.29, 1.82) is 0 Å². The van der Waals surface area contributed by atoms with Gasteiger partial charge in [-0.2, -0.15) is 0 Å². The Hall–Kier alpha value is -0.730. The van der Waals surface area contributed by atoms with Crippen LogP contribution in [-0.2, 0) is 0 Å². The quantitative estimate of drug-likeness (QED) is 0.323. The molecule has 0 heterocycles. The van der Waals surface area contributed by atoms with Crippen molar-refractivity contribution in [3.8, 4) is 0 Å². The molecule has 0 N–H and O–H groups in total. The summed E-state index contributed by atoms with van der Waals surface area (Å²) in [7, 11) is 3.78. The van der Waals surface area contributed by atoms with Crippen molar-refractivity contribution in [3.63, 3.8) is 0 Å². The predicted molar refractivity (Wildman–Crippen MR) is 36.9 cm³/mol. The Bertz CT molecular complexity index is 114. The standard InChI is InChI=1S/C5H12N4/c1-4-5(7-8-6)9(2)3/h5H,4H2,1-3H3. The molecule has 0 fully saturated rings. The summed E-state index contributed by atoms with van der Waals surface area (Å²) < 4.78 is 0. The third-order valence-corrected chi connectivity index (χ3v) is 1.15. The van der Waals surface area contributed by atoms with Crippen molar-refractivity contribution in [2.24, 2.45) is 5.11 Å². The Morgan fingerprint density at radius 1 is 1.67 bits per heavy atom. The van der Waals surface area contributed by atoms with Crippen LogP contribution < -0.4 is 0 Å². The predicted octanol–water partition coefficient (Wildman–Crippen LogP) is 1.59. The Balaban J connectivity index is 3.82. The maximum Gasteiger partial charge on any atom is 0.0879 e. The molecule has 0 saturated carbocycles. The highest BCUT2D eigenvalue weighted by molar-refractivity contribution is 4.60. The second-order valence-electron chi connectivity index (χ2n) is 2.06. The first-order chi connectivity index (χ1) is 4.22. The molecule has 0 aromatic rings. The van der Waals surface area contributed by atoms with E-state index in [0.29, 0.717) is 0 Å². The minimum absolute atomic E-state index is 0.00926. The minimum Gasteiger partial charge on any atom is -0.301 e. The molecule has 0 radical (unpaired) electrons. The average Bonchev–Trinajstić information content (AvgIpc) is 1.82. The summed E-state index contributed by atoms with van der Waals surface area (Å²) >= 11 is 0. The van der Waals surface area contributed by atoms with Crippen molar-refractivity contribution in [1.82, 2.24) is 4.90 Å². The highest BCUT2D eigenvalue weighted by Crippen LogP contribution is 1.99. The molecule has 9 heavy (non-hydrogen) atoms. The monoisotopic (exact) mass is 128 g/mol. The fraction of sp³-hybridized carbons (Fsp3) is 1.00. The molecule has 0 spiro atoms. The molecule has 4 heteroatoms. The minimum atomic E-state index is 0.00926. The molecule has 1 unspecified atom stereocenters. The van der Waals surface area contributed by atoms with Gasteiger partial charge >= 0.3 is 0 Å². The van der Waals surface area contributed by atoms with E-state index in [1.807, 2.05) is 25.9 Å². The fourth-order valence-electron chi connectivity index (χ4n) is 0.610. The van der Waals surface area contributed by atoms with Crippen molar-refractivity contribution in [2.75, 3.05) is 14.1 Å². The van der Waals surface area contributed by atoms with Crippen LogP contribution in [0.3, 0.4) is 0 Å². The summed E-state index contributed by atoms with van der Waals surface area (Å²) in [6.45, 7) is 1.99. The van der Waals surface area contributed by atoms with Gasteiger partial charge in [-0.05, 0) is 26.0 Å². The van der Waals surface area contributed by atoms with Crippen LogP contribution in [0.4, 0.5) is 0 Å². The Kier molecular flexibility index (Phi) is 3.84. The van der Waals surface area contributed by atoms with E-state index in [9.17, 15) is 0 Å². The van der Waals surface area contributed by atoms with Crippen molar-refractivity contribution >= 4 is 0 Å². The molecule has 0 rings (SSSR count).